The number of nitrogens with zero attached hydrogens (tertiary/aromatic N) is 2. The van der Waals surface area contributed by atoms with E-state index >= 15 is 0 Å². The van der Waals surface area contributed by atoms with Crippen molar-refractivity contribution in [2.45, 2.75) is 24.1 Å². The minimum atomic E-state index is -0.0584. The van der Waals surface area contributed by atoms with E-state index in [0.717, 1.165) is 14.8 Å². The summed E-state index contributed by atoms with van der Waals surface area (Å²) in [5.74, 6) is 0.584. The predicted octanol–water partition coefficient (Wildman–Crippen LogP) is 3.58. The molecule has 5 nitrogen and oxygen atoms in total. The van der Waals surface area contributed by atoms with Crippen molar-refractivity contribution >= 4 is 62.4 Å². The van der Waals surface area contributed by atoms with Crippen molar-refractivity contribution < 1.29 is 4.79 Å². The van der Waals surface area contributed by atoms with Gasteiger partial charge in [0, 0.05) is 9.26 Å². The monoisotopic (exact) mass is 434 g/mol. The topological polar surface area (TPSA) is 80.9 Å². The van der Waals surface area contributed by atoms with Crippen LogP contribution in [0.1, 0.15) is 25.3 Å². The second-order valence-electron chi connectivity index (χ2n) is 4.63. The molecule has 0 radical (unpaired) electrons. The van der Waals surface area contributed by atoms with Gasteiger partial charge in [0.05, 0.1) is 5.75 Å². The number of aromatic nitrogens is 2. The summed E-state index contributed by atoms with van der Waals surface area (Å²) >= 11 is 4.89. The van der Waals surface area contributed by atoms with Crippen LogP contribution in [-0.2, 0) is 4.79 Å². The van der Waals surface area contributed by atoms with E-state index in [1.54, 1.807) is 0 Å². The molecule has 0 saturated heterocycles. The standard InChI is InChI=1S/C13H15IN4OS2/c1-7(2)9-5-8(14)3-4-10(9)16-11(19)6-20-13-18-17-12(15)21-13/h3-5,7H,6H2,1-2H3,(H2,15,17)(H,16,19). The fraction of sp³-hybridized carbons (Fsp3) is 0.308. The summed E-state index contributed by atoms with van der Waals surface area (Å²) in [6.07, 6.45) is 0. The molecule has 0 fully saturated rings. The third-order valence-electron chi connectivity index (χ3n) is 2.66. The van der Waals surface area contributed by atoms with E-state index < -0.39 is 0 Å². The number of rotatable bonds is 5. The molecule has 1 heterocycles. The number of benzene rings is 1. The Morgan fingerprint density at radius 3 is 2.86 bits per heavy atom. The van der Waals surface area contributed by atoms with Gasteiger partial charge in [-0.25, -0.2) is 0 Å². The quantitative estimate of drug-likeness (QED) is 0.556. The Kier molecular flexibility index (Phi) is 5.82. The van der Waals surface area contributed by atoms with Crippen molar-refractivity contribution in [1.29, 1.82) is 0 Å². The molecular weight excluding hydrogens is 419 g/mol. The molecule has 0 saturated carbocycles. The minimum absolute atomic E-state index is 0.0584. The van der Waals surface area contributed by atoms with Gasteiger partial charge in [-0.05, 0) is 52.3 Å². The lowest BCUT2D eigenvalue weighted by atomic mass is 10.0. The van der Waals surface area contributed by atoms with Crippen LogP contribution in [0.2, 0.25) is 0 Å². The van der Waals surface area contributed by atoms with E-state index in [4.69, 9.17) is 5.73 Å². The summed E-state index contributed by atoms with van der Waals surface area (Å²) in [6, 6.07) is 6.03. The number of nitrogens with one attached hydrogen (secondary N) is 1. The van der Waals surface area contributed by atoms with Crippen LogP contribution >= 0.6 is 45.7 Å². The smallest absolute Gasteiger partial charge is 0.234 e. The molecule has 2 aromatic rings. The molecule has 1 aromatic carbocycles. The van der Waals surface area contributed by atoms with E-state index in [9.17, 15) is 4.79 Å². The molecule has 1 amide bonds. The first-order valence-corrected chi connectivity index (χ1v) is 9.15. The number of anilines is 2. The van der Waals surface area contributed by atoms with Crippen molar-refractivity contribution in [3.8, 4) is 0 Å². The number of halogens is 1. The van der Waals surface area contributed by atoms with Crippen LogP contribution in [0.15, 0.2) is 22.5 Å². The van der Waals surface area contributed by atoms with Crippen LogP contribution < -0.4 is 11.1 Å². The Morgan fingerprint density at radius 1 is 1.48 bits per heavy atom. The Labute approximate surface area is 145 Å². The molecule has 0 spiro atoms. The predicted molar refractivity (Wildman–Crippen MR) is 96.9 cm³/mol. The third-order valence-corrected chi connectivity index (χ3v) is 5.22. The van der Waals surface area contributed by atoms with Gasteiger partial charge in [0.25, 0.3) is 0 Å². The second-order valence-corrected chi connectivity index (χ2v) is 8.11. The first-order valence-electron chi connectivity index (χ1n) is 6.27. The van der Waals surface area contributed by atoms with Crippen LogP contribution in [-0.4, -0.2) is 21.9 Å². The number of amides is 1. The van der Waals surface area contributed by atoms with Crippen molar-refractivity contribution in [3.05, 3.63) is 27.3 Å². The highest BCUT2D eigenvalue weighted by molar-refractivity contribution is 14.1. The van der Waals surface area contributed by atoms with Gasteiger partial charge in [-0.3, -0.25) is 4.79 Å². The van der Waals surface area contributed by atoms with Crippen LogP contribution in [0.25, 0.3) is 0 Å². The van der Waals surface area contributed by atoms with Crippen molar-refractivity contribution in [3.63, 3.8) is 0 Å². The molecule has 8 heteroatoms. The van der Waals surface area contributed by atoms with Gasteiger partial charge in [0.15, 0.2) is 4.34 Å². The Balaban J connectivity index is 1.99. The number of hydrogen-bond donors (Lipinski definition) is 2. The molecule has 1 aromatic heterocycles. The Bertz CT molecular complexity index is 645. The molecule has 21 heavy (non-hydrogen) atoms. The maximum atomic E-state index is 12.0. The number of carbonyl (C=O) groups excluding carboxylic acids is 1. The normalized spacial score (nSPS) is 10.9. The van der Waals surface area contributed by atoms with Gasteiger partial charge < -0.3 is 11.1 Å². The average Bonchev–Trinajstić information content (AvgIpc) is 2.84. The maximum absolute atomic E-state index is 12.0. The van der Waals surface area contributed by atoms with Crippen LogP contribution in [0.3, 0.4) is 0 Å². The molecule has 0 bridgehead atoms. The van der Waals surface area contributed by atoms with Crippen molar-refractivity contribution in [2.24, 2.45) is 0 Å². The summed E-state index contributed by atoms with van der Waals surface area (Å²) < 4.78 is 1.86. The van der Waals surface area contributed by atoms with Gasteiger partial charge >= 0.3 is 0 Å². The van der Waals surface area contributed by atoms with Crippen molar-refractivity contribution in [1.82, 2.24) is 10.2 Å². The summed E-state index contributed by atoms with van der Waals surface area (Å²) in [7, 11) is 0. The first kappa shape index (κ1) is 16.5. The Hall–Kier alpha value is -0.870. The van der Waals surface area contributed by atoms with Gasteiger partial charge in [-0.15, -0.1) is 10.2 Å². The van der Waals surface area contributed by atoms with Crippen LogP contribution in [0.4, 0.5) is 10.8 Å². The number of hydrogen-bond acceptors (Lipinski definition) is 6. The van der Waals surface area contributed by atoms with Gasteiger partial charge in [-0.1, -0.05) is 36.9 Å². The molecule has 2 rings (SSSR count). The largest absolute Gasteiger partial charge is 0.374 e. The molecule has 112 valence electrons. The van der Waals surface area contributed by atoms with E-state index in [-0.39, 0.29) is 11.7 Å². The first-order chi connectivity index (χ1) is 9.95. The van der Waals surface area contributed by atoms with E-state index in [0.29, 0.717) is 15.4 Å². The molecule has 3 N–H and O–H groups in total. The SMILES string of the molecule is CC(C)c1cc(I)ccc1NC(=O)CSc1nnc(N)s1. The van der Waals surface area contributed by atoms with Gasteiger partial charge in [0.2, 0.25) is 11.0 Å². The maximum Gasteiger partial charge on any atom is 0.234 e. The zero-order valence-corrected chi connectivity index (χ0v) is 15.4. The average molecular weight is 434 g/mol. The number of nitrogen functional groups attached to an aromatic ring is 1. The lowest BCUT2D eigenvalue weighted by molar-refractivity contribution is -0.113. The fourth-order valence-electron chi connectivity index (χ4n) is 1.72. The van der Waals surface area contributed by atoms with E-state index in [1.807, 2.05) is 12.1 Å². The fourth-order valence-corrected chi connectivity index (χ4v) is 3.67. The third kappa shape index (κ3) is 4.82. The highest BCUT2D eigenvalue weighted by atomic mass is 127. The number of carbonyl (C=O) groups is 1. The zero-order chi connectivity index (χ0) is 15.4. The van der Waals surface area contributed by atoms with Crippen molar-refractivity contribution in [2.75, 3.05) is 16.8 Å². The second kappa shape index (κ2) is 7.41. The van der Waals surface area contributed by atoms with Gasteiger partial charge in [-0.2, -0.15) is 0 Å². The minimum Gasteiger partial charge on any atom is -0.374 e. The molecule has 0 unspecified atom stereocenters. The Morgan fingerprint density at radius 2 is 2.24 bits per heavy atom. The van der Waals surface area contributed by atoms with E-state index in [1.165, 1.54) is 23.1 Å². The summed E-state index contributed by atoms with van der Waals surface area (Å²) in [4.78, 5) is 12.0. The summed E-state index contributed by atoms with van der Waals surface area (Å²) in [5, 5.41) is 11.0. The molecular formula is C13H15IN4OS2. The number of nitrogens with two attached hydrogens (primary N) is 1. The highest BCUT2D eigenvalue weighted by Crippen LogP contribution is 2.27. The van der Waals surface area contributed by atoms with Crippen LogP contribution in [0.5, 0.6) is 0 Å². The molecule has 0 aliphatic heterocycles. The van der Waals surface area contributed by atoms with Crippen LogP contribution in [0, 0.1) is 3.57 Å². The lowest BCUT2D eigenvalue weighted by Gasteiger charge is -2.14. The highest BCUT2D eigenvalue weighted by Gasteiger charge is 2.11. The van der Waals surface area contributed by atoms with Gasteiger partial charge in [0.1, 0.15) is 0 Å². The number of thioether (sulfide) groups is 1. The molecule has 0 atom stereocenters. The summed E-state index contributed by atoms with van der Waals surface area (Å²) in [5.41, 5.74) is 7.51. The summed E-state index contributed by atoms with van der Waals surface area (Å²) in [6.45, 7) is 4.22. The zero-order valence-electron chi connectivity index (χ0n) is 11.6. The molecule has 0 aliphatic rings. The van der Waals surface area contributed by atoms with E-state index in [2.05, 4.69) is 58.0 Å². The molecule has 0 aliphatic carbocycles. The lowest BCUT2D eigenvalue weighted by Crippen LogP contribution is -2.15.